The van der Waals surface area contributed by atoms with Crippen LogP contribution in [0.25, 0.3) is 0 Å². The second-order valence-corrected chi connectivity index (χ2v) is 5.89. The molecule has 2 unspecified atom stereocenters. The van der Waals surface area contributed by atoms with Gasteiger partial charge in [0, 0.05) is 29.8 Å². The summed E-state index contributed by atoms with van der Waals surface area (Å²) in [6, 6.07) is 0.382. The van der Waals surface area contributed by atoms with Crippen LogP contribution in [0.2, 0.25) is 0 Å². The second kappa shape index (κ2) is 7.53. The summed E-state index contributed by atoms with van der Waals surface area (Å²) in [6.45, 7) is 6.35. The Bertz CT molecular complexity index is 160. The molecular formula is C12H25NOS. The molecule has 1 saturated heterocycles. The van der Waals surface area contributed by atoms with Crippen molar-refractivity contribution in [2.45, 2.75) is 62.5 Å². The van der Waals surface area contributed by atoms with E-state index in [1.807, 2.05) is 0 Å². The van der Waals surface area contributed by atoms with E-state index in [2.05, 4.69) is 25.6 Å². The SMILES string of the molecule is CCCC(N)C(CC)SC1CCOCC1. The Morgan fingerprint density at radius 1 is 1.33 bits per heavy atom. The molecule has 90 valence electrons. The van der Waals surface area contributed by atoms with Crippen LogP contribution < -0.4 is 5.73 Å². The minimum absolute atomic E-state index is 0.382. The Labute approximate surface area is 98.3 Å². The van der Waals surface area contributed by atoms with Crippen molar-refractivity contribution in [1.29, 1.82) is 0 Å². The first-order valence-electron chi connectivity index (χ1n) is 6.26. The standard InChI is InChI=1S/C12H25NOS/c1-3-5-11(13)12(4-2)15-10-6-8-14-9-7-10/h10-12H,3-9,13H2,1-2H3. The zero-order valence-corrected chi connectivity index (χ0v) is 10.9. The van der Waals surface area contributed by atoms with Crippen LogP contribution in [-0.2, 0) is 4.74 Å². The maximum Gasteiger partial charge on any atom is 0.0476 e. The Kier molecular flexibility index (Phi) is 6.69. The Morgan fingerprint density at radius 3 is 2.53 bits per heavy atom. The molecule has 3 heteroatoms. The fourth-order valence-corrected chi connectivity index (χ4v) is 3.57. The van der Waals surface area contributed by atoms with Crippen molar-refractivity contribution in [2.24, 2.45) is 5.73 Å². The summed E-state index contributed by atoms with van der Waals surface area (Å²) in [5, 5.41) is 1.43. The lowest BCUT2D eigenvalue weighted by atomic mass is 10.1. The number of nitrogens with two attached hydrogens (primary N) is 1. The van der Waals surface area contributed by atoms with Crippen LogP contribution >= 0.6 is 11.8 Å². The first-order chi connectivity index (χ1) is 7.27. The minimum Gasteiger partial charge on any atom is -0.381 e. The zero-order chi connectivity index (χ0) is 11.1. The third kappa shape index (κ3) is 4.75. The van der Waals surface area contributed by atoms with Crippen molar-refractivity contribution in [3.8, 4) is 0 Å². The van der Waals surface area contributed by atoms with E-state index in [-0.39, 0.29) is 0 Å². The van der Waals surface area contributed by atoms with Crippen LogP contribution in [0.1, 0.15) is 46.0 Å². The molecule has 1 rings (SSSR count). The van der Waals surface area contributed by atoms with Gasteiger partial charge < -0.3 is 10.5 Å². The van der Waals surface area contributed by atoms with Gasteiger partial charge in [0.1, 0.15) is 0 Å². The third-order valence-electron chi connectivity index (χ3n) is 3.04. The normalized spacial score (nSPS) is 22.6. The number of thioether (sulfide) groups is 1. The van der Waals surface area contributed by atoms with Gasteiger partial charge in [-0.3, -0.25) is 0 Å². The Balaban J connectivity index is 2.30. The molecule has 0 aliphatic carbocycles. The summed E-state index contributed by atoms with van der Waals surface area (Å²) < 4.78 is 5.38. The molecule has 1 fully saturated rings. The van der Waals surface area contributed by atoms with Crippen molar-refractivity contribution >= 4 is 11.8 Å². The van der Waals surface area contributed by atoms with Crippen molar-refractivity contribution in [3.05, 3.63) is 0 Å². The molecule has 0 aromatic rings. The van der Waals surface area contributed by atoms with E-state index in [0.717, 1.165) is 24.9 Å². The highest BCUT2D eigenvalue weighted by Gasteiger charge is 2.22. The largest absolute Gasteiger partial charge is 0.381 e. The van der Waals surface area contributed by atoms with Crippen LogP contribution in [0.5, 0.6) is 0 Å². The highest BCUT2D eigenvalue weighted by molar-refractivity contribution is 8.00. The van der Waals surface area contributed by atoms with E-state index in [1.54, 1.807) is 0 Å². The van der Waals surface area contributed by atoms with Crippen molar-refractivity contribution in [2.75, 3.05) is 13.2 Å². The quantitative estimate of drug-likeness (QED) is 0.763. The monoisotopic (exact) mass is 231 g/mol. The minimum atomic E-state index is 0.382. The predicted octanol–water partition coefficient (Wildman–Crippen LogP) is 2.80. The van der Waals surface area contributed by atoms with Crippen LogP contribution in [0, 0.1) is 0 Å². The molecule has 0 bridgehead atoms. The Hall–Kier alpha value is 0.270. The zero-order valence-electron chi connectivity index (χ0n) is 10.1. The summed E-state index contributed by atoms with van der Waals surface area (Å²) in [4.78, 5) is 0. The van der Waals surface area contributed by atoms with E-state index >= 15 is 0 Å². The van der Waals surface area contributed by atoms with Gasteiger partial charge in [-0.1, -0.05) is 20.3 Å². The lowest BCUT2D eigenvalue weighted by molar-refractivity contribution is 0.0999. The van der Waals surface area contributed by atoms with Gasteiger partial charge in [-0.2, -0.15) is 11.8 Å². The molecule has 0 aromatic heterocycles. The molecule has 1 heterocycles. The average Bonchev–Trinajstić information content (AvgIpc) is 2.27. The Morgan fingerprint density at radius 2 is 2.00 bits per heavy atom. The van der Waals surface area contributed by atoms with Crippen LogP contribution in [0.3, 0.4) is 0 Å². The fraction of sp³-hybridized carbons (Fsp3) is 1.00. The van der Waals surface area contributed by atoms with Gasteiger partial charge in [-0.15, -0.1) is 0 Å². The molecule has 1 aliphatic heterocycles. The van der Waals surface area contributed by atoms with Gasteiger partial charge in [-0.05, 0) is 25.7 Å². The molecule has 2 atom stereocenters. The molecule has 1 aliphatic rings. The fourth-order valence-electron chi connectivity index (χ4n) is 2.08. The topological polar surface area (TPSA) is 35.2 Å². The predicted molar refractivity (Wildman–Crippen MR) is 68.4 cm³/mol. The molecule has 2 N–H and O–H groups in total. The highest BCUT2D eigenvalue weighted by atomic mass is 32.2. The van der Waals surface area contributed by atoms with Gasteiger partial charge in [0.05, 0.1) is 0 Å². The number of hydrogen-bond donors (Lipinski definition) is 1. The summed E-state index contributed by atoms with van der Waals surface area (Å²) in [5.74, 6) is 0. The van der Waals surface area contributed by atoms with Crippen molar-refractivity contribution < 1.29 is 4.74 Å². The second-order valence-electron chi connectivity index (χ2n) is 4.35. The molecule has 0 spiro atoms. The first kappa shape index (κ1) is 13.3. The smallest absolute Gasteiger partial charge is 0.0476 e. The van der Waals surface area contributed by atoms with Crippen LogP contribution in [0.4, 0.5) is 0 Å². The van der Waals surface area contributed by atoms with Crippen LogP contribution in [-0.4, -0.2) is 29.8 Å². The van der Waals surface area contributed by atoms with Crippen molar-refractivity contribution in [3.63, 3.8) is 0 Å². The number of hydrogen-bond acceptors (Lipinski definition) is 3. The summed E-state index contributed by atoms with van der Waals surface area (Å²) >= 11 is 2.11. The van der Waals surface area contributed by atoms with E-state index in [1.165, 1.54) is 25.7 Å². The lowest BCUT2D eigenvalue weighted by Gasteiger charge is -2.29. The van der Waals surface area contributed by atoms with Crippen LogP contribution in [0.15, 0.2) is 0 Å². The molecule has 0 amide bonds. The number of rotatable bonds is 6. The summed E-state index contributed by atoms with van der Waals surface area (Å²) in [7, 11) is 0. The molecular weight excluding hydrogens is 206 g/mol. The third-order valence-corrected chi connectivity index (χ3v) is 4.93. The maximum absolute atomic E-state index is 6.20. The maximum atomic E-state index is 6.20. The van der Waals surface area contributed by atoms with Gasteiger partial charge in [0.15, 0.2) is 0 Å². The average molecular weight is 231 g/mol. The van der Waals surface area contributed by atoms with E-state index in [4.69, 9.17) is 10.5 Å². The van der Waals surface area contributed by atoms with Crippen molar-refractivity contribution in [1.82, 2.24) is 0 Å². The highest BCUT2D eigenvalue weighted by Crippen LogP contribution is 2.30. The van der Waals surface area contributed by atoms with E-state index in [0.29, 0.717) is 11.3 Å². The van der Waals surface area contributed by atoms with Gasteiger partial charge >= 0.3 is 0 Å². The van der Waals surface area contributed by atoms with Gasteiger partial charge in [0.2, 0.25) is 0 Å². The molecule has 0 aromatic carbocycles. The van der Waals surface area contributed by atoms with E-state index in [9.17, 15) is 0 Å². The molecule has 0 radical (unpaired) electrons. The lowest BCUT2D eigenvalue weighted by Crippen LogP contribution is -2.34. The summed E-state index contributed by atoms with van der Waals surface area (Å²) in [5.41, 5.74) is 6.20. The molecule has 15 heavy (non-hydrogen) atoms. The van der Waals surface area contributed by atoms with Gasteiger partial charge in [-0.25, -0.2) is 0 Å². The molecule has 0 saturated carbocycles. The molecule has 2 nitrogen and oxygen atoms in total. The van der Waals surface area contributed by atoms with Gasteiger partial charge in [0.25, 0.3) is 0 Å². The number of ether oxygens (including phenoxy) is 1. The first-order valence-corrected chi connectivity index (χ1v) is 7.21. The van der Waals surface area contributed by atoms with E-state index < -0.39 is 0 Å². The summed E-state index contributed by atoms with van der Waals surface area (Å²) in [6.07, 6.45) is 5.98.